The number of hydrogen-bond acceptors (Lipinski definition) is 4. The molecule has 2 atom stereocenters. The van der Waals surface area contributed by atoms with Gasteiger partial charge in [0.05, 0.1) is 7.11 Å². The van der Waals surface area contributed by atoms with Gasteiger partial charge in [-0.1, -0.05) is 12.1 Å². The summed E-state index contributed by atoms with van der Waals surface area (Å²) in [6.45, 7) is 0.595. The summed E-state index contributed by atoms with van der Waals surface area (Å²) in [6, 6.07) is 7.12. The predicted molar refractivity (Wildman–Crippen MR) is 85.8 cm³/mol. The quantitative estimate of drug-likeness (QED) is 0.600. The molecule has 1 aliphatic heterocycles. The van der Waals surface area contributed by atoms with E-state index in [0.29, 0.717) is 19.4 Å². The van der Waals surface area contributed by atoms with E-state index in [-0.39, 0.29) is 5.91 Å². The molecule has 0 aromatic heterocycles. The van der Waals surface area contributed by atoms with Crippen molar-refractivity contribution < 1.29 is 19.1 Å². The van der Waals surface area contributed by atoms with Crippen LogP contribution in [0.5, 0.6) is 0 Å². The minimum Gasteiger partial charge on any atom is -0.467 e. The molecule has 1 saturated heterocycles. The Morgan fingerprint density at radius 3 is 2.95 bits per heavy atom. The molecule has 21 heavy (non-hydrogen) atoms. The Balaban J connectivity index is 2.03. The van der Waals surface area contributed by atoms with Gasteiger partial charge in [0, 0.05) is 16.6 Å². The van der Waals surface area contributed by atoms with Crippen molar-refractivity contribution in [3.8, 4) is 0 Å². The maximum absolute atomic E-state index is 12.1. The van der Waals surface area contributed by atoms with Crippen molar-refractivity contribution in [3.63, 3.8) is 0 Å². The van der Waals surface area contributed by atoms with E-state index >= 15 is 0 Å². The molecule has 1 heterocycles. The second kappa shape index (κ2) is 7.74. The lowest BCUT2D eigenvalue weighted by Gasteiger charge is -2.19. The second-order valence-corrected chi connectivity index (χ2v) is 6.17. The smallest absolute Gasteiger partial charge is 0.328 e. The van der Waals surface area contributed by atoms with E-state index in [1.54, 1.807) is 0 Å². The number of carbonyl (C=O) groups excluding carboxylic acids is 2. The lowest BCUT2D eigenvalue weighted by molar-refractivity contribution is -0.146. The Kier molecular flexibility index (Phi) is 5.98. The number of esters is 1. The minimum absolute atomic E-state index is 0.242. The molecule has 0 saturated carbocycles. The lowest BCUT2D eigenvalue weighted by atomic mass is 10.1. The van der Waals surface area contributed by atoms with Crippen molar-refractivity contribution >= 4 is 34.5 Å². The number of hydrogen-bond donors (Lipinski definition) is 1. The summed E-state index contributed by atoms with van der Waals surface area (Å²) in [7, 11) is 1.32. The van der Waals surface area contributed by atoms with E-state index in [1.807, 2.05) is 24.3 Å². The van der Waals surface area contributed by atoms with Crippen molar-refractivity contribution in [1.29, 1.82) is 0 Å². The average molecular weight is 403 g/mol. The van der Waals surface area contributed by atoms with Crippen molar-refractivity contribution in [1.82, 2.24) is 5.32 Å². The standard InChI is InChI=1S/C15H18INO4/c1-20-15(19)12(9-10-4-2-5-11(16)8-10)17-14(18)13-6-3-7-21-13/h2,4-5,8,12-13H,3,6-7,9H2,1H3,(H,17,18)/t12-,13+/m1/s1. The zero-order valence-corrected chi connectivity index (χ0v) is 14.0. The van der Waals surface area contributed by atoms with E-state index in [1.165, 1.54) is 7.11 Å². The monoisotopic (exact) mass is 403 g/mol. The fraction of sp³-hybridized carbons (Fsp3) is 0.467. The number of methoxy groups -OCH3 is 1. The van der Waals surface area contributed by atoms with Gasteiger partial charge in [-0.15, -0.1) is 0 Å². The van der Waals surface area contributed by atoms with E-state index in [9.17, 15) is 9.59 Å². The van der Waals surface area contributed by atoms with Crippen LogP contribution in [0.3, 0.4) is 0 Å². The first kappa shape index (κ1) is 16.2. The first-order chi connectivity index (χ1) is 10.1. The molecule has 0 unspecified atom stereocenters. The summed E-state index contributed by atoms with van der Waals surface area (Å²) in [5.74, 6) is -0.686. The molecule has 2 rings (SSSR count). The summed E-state index contributed by atoms with van der Waals surface area (Å²) in [4.78, 5) is 24.0. The van der Waals surface area contributed by atoms with Gasteiger partial charge in [-0.3, -0.25) is 4.79 Å². The zero-order chi connectivity index (χ0) is 15.2. The highest BCUT2D eigenvalue weighted by Crippen LogP contribution is 2.14. The number of carbonyl (C=O) groups is 2. The highest BCUT2D eigenvalue weighted by Gasteiger charge is 2.28. The topological polar surface area (TPSA) is 64.6 Å². The van der Waals surface area contributed by atoms with Crippen LogP contribution in [0.1, 0.15) is 18.4 Å². The number of halogens is 1. The summed E-state index contributed by atoms with van der Waals surface area (Å²) < 4.78 is 11.2. The number of amides is 1. The first-order valence-electron chi connectivity index (χ1n) is 6.84. The normalized spacial score (nSPS) is 19.0. The van der Waals surface area contributed by atoms with Crippen LogP contribution in [-0.2, 0) is 25.5 Å². The van der Waals surface area contributed by atoms with Crippen LogP contribution in [0.15, 0.2) is 24.3 Å². The molecule has 1 fully saturated rings. The second-order valence-electron chi connectivity index (χ2n) is 4.92. The molecular formula is C15H18INO4. The molecule has 5 nitrogen and oxygen atoms in total. The first-order valence-corrected chi connectivity index (χ1v) is 7.92. The zero-order valence-electron chi connectivity index (χ0n) is 11.8. The van der Waals surface area contributed by atoms with Gasteiger partial charge < -0.3 is 14.8 Å². The molecule has 0 radical (unpaired) electrons. The maximum atomic E-state index is 12.1. The molecule has 1 N–H and O–H groups in total. The largest absolute Gasteiger partial charge is 0.467 e. The Labute approximate surface area is 137 Å². The van der Waals surface area contributed by atoms with Crippen molar-refractivity contribution in [2.45, 2.75) is 31.4 Å². The molecule has 1 aromatic carbocycles. The Bertz CT molecular complexity index is 514. The molecule has 1 amide bonds. The average Bonchev–Trinajstić information content (AvgIpc) is 3.00. The van der Waals surface area contributed by atoms with Crippen LogP contribution in [-0.4, -0.2) is 37.7 Å². The fourth-order valence-corrected chi connectivity index (χ4v) is 2.89. The molecular weight excluding hydrogens is 385 g/mol. The van der Waals surface area contributed by atoms with Gasteiger partial charge in [0.2, 0.25) is 5.91 Å². The number of benzene rings is 1. The Hall–Kier alpha value is -1.15. The number of rotatable bonds is 5. The van der Waals surface area contributed by atoms with Crippen LogP contribution in [0.4, 0.5) is 0 Å². The third-order valence-corrected chi connectivity index (χ3v) is 4.02. The van der Waals surface area contributed by atoms with E-state index < -0.39 is 18.1 Å². The van der Waals surface area contributed by atoms with Crippen LogP contribution in [0, 0.1) is 3.57 Å². The van der Waals surface area contributed by atoms with Gasteiger partial charge in [-0.25, -0.2) is 4.79 Å². The van der Waals surface area contributed by atoms with Crippen LogP contribution in [0.25, 0.3) is 0 Å². The Morgan fingerprint density at radius 2 is 2.33 bits per heavy atom. The van der Waals surface area contributed by atoms with Gasteiger partial charge in [0.25, 0.3) is 0 Å². The maximum Gasteiger partial charge on any atom is 0.328 e. The SMILES string of the molecule is COC(=O)[C@@H](Cc1cccc(I)c1)NC(=O)[C@@H]1CCCO1. The third kappa shape index (κ3) is 4.67. The van der Waals surface area contributed by atoms with Crippen LogP contribution >= 0.6 is 22.6 Å². The van der Waals surface area contributed by atoms with E-state index in [4.69, 9.17) is 9.47 Å². The van der Waals surface area contributed by atoms with Gasteiger partial charge in [0.15, 0.2) is 0 Å². The molecule has 0 spiro atoms. The molecule has 1 aromatic rings. The van der Waals surface area contributed by atoms with E-state index in [0.717, 1.165) is 15.6 Å². The molecule has 1 aliphatic rings. The molecule has 0 aliphatic carbocycles. The van der Waals surface area contributed by atoms with Gasteiger partial charge in [-0.2, -0.15) is 0 Å². The van der Waals surface area contributed by atoms with E-state index in [2.05, 4.69) is 27.9 Å². The van der Waals surface area contributed by atoms with Gasteiger partial charge >= 0.3 is 5.97 Å². The fourth-order valence-electron chi connectivity index (χ4n) is 2.28. The summed E-state index contributed by atoms with van der Waals surface area (Å²) in [5.41, 5.74) is 0.977. The number of nitrogens with one attached hydrogen (secondary N) is 1. The summed E-state index contributed by atoms with van der Waals surface area (Å²) in [5, 5.41) is 2.74. The lowest BCUT2D eigenvalue weighted by Crippen LogP contribution is -2.47. The van der Waals surface area contributed by atoms with Crippen LogP contribution in [0.2, 0.25) is 0 Å². The van der Waals surface area contributed by atoms with Crippen molar-refractivity contribution in [2.75, 3.05) is 13.7 Å². The van der Waals surface area contributed by atoms with Gasteiger partial charge in [-0.05, 0) is 53.1 Å². The predicted octanol–water partition coefficient (Wildman–Crippen LogP) is 1.67. The molecule has 6 heteroatoms. The highest BCUT2D eigenvalue weighted by molar-refractivity contribution is 14.1. The number of ether oxygens (including phenoxy) is 2. The highest BCUT2D eigenvalue weighted by atomic mass is 127. The third-order valence-electron chi connectivity index (χ3n) is 3.35. The van der Waals surface area contributed by atoms with Crippen molar-refractivity contribution in [2.24, 2.45) is 0 Å². The van der Waals surface area contributed by atoms with Crippen molar-refractivity contribution in [3.05, 3.63) is 33.4 Å². The summed E-state index contributed by atoms with van der Waals surface area (Å²) in [6.07, 6.45) is 1.52. The molecule has 0 bridgehead atoms. The molecule has 114 valence electrons. The summed E-state index contributed by atoms with van der Waals surface area (Å²) >= 11 is 2.21. The Morgan fingerprint density at radius 1 is 1.52 bits per heavy atom. The van der Waals surface area contributed by atoms with Crippen LogP contribution < -0.4 is 5.32 Å². The minimum atomic E-state index is -0.690. The van der Waals surface area contributed by atoms with Gasteiger partial charge in [0.1, 0.15) is 12.1 Å².